The Morgan fingerprint density at radius 3 is 2.60 bits per heavy atom. The highest BCUT2D eigenvalue weighted by atomic mass is 19.2. The zero-order valence-electron chi connectivity index (χ0n) is 15.2. The highest BCUT2D eigenvalue weighted by molar-refractivity contribution is 5.80. The first-order valence-corrected chi connectivity index (χ1v) is 8.71. The van der Waals surface area contributed by atoms with Gasteiger partial charge in [-0.1, -0.05) is 13.0 Å². The first kappa shape index (κ1) is 19.6. The van der Waals surface area contributed by atoms with Gasteiger partial charge < -0.3 is 15.4 Å². The van der Waals surface area contributed by atoms with Gasteiger partial charge in [-0.15, -0.1) is 0 Å². The maximum Gasteiger partial charge on any atom is 0.191 e. The van der Waals surface area contributed by atoms with Gasteiger partial charge >= 0.3 is 0 Å². The van der Waals surface area contributed by atoms with Crippen molar-refractivity contribution in [1.29, 1.82) is 0 Å². The molecule has 2 N–H and O–H groups in total. The lowest BCUT2D eigenvalue weighted by molar-refractivity contribution is 0.0320. The van der Waals surface area contributed by atoms with Crippen molar-refractivity contribution >= 4 is 5.96 Å². The number of nitrogens with zero attached hydrogens (tertiary/aromatic N) is 2. The van der Waals surface area contributed by atoms with E-state index in [0.29, 0.717) is 17.4 Å². The molecule has 0 aromatic heterocycles. The van der Waals surface area contributed by atoms with Crippen LogP contribution >= 0.6 is 0 Å². The van der Waals surface area contributed by atoms with Crippen molar-refractivity contribution in [2.75, 3.05) is 46.4 Å². The van der Waals surface area contributed by atoms with Crippen LogP contribution in [0.3, 0.4) is 0 Å². The van der Waals surface area contributed by atoms with E-state index in [9.17, 15) is 8.78 Å². The number of morpholine rings is 1. The number of halogens is 2. The molecule has 5 nitrogen and oxygen atoms in total. The van der Waals surface area contributed by atoms with Gasteiger partial charge in [-0.05, 0) is 30.5 Å². The highest BCUT2D eigenvalue weighted by Gasteiger charge is 2.15. The SMILES string of the molecule is CN=C(NCC(C)CN1CCOCC1)NC(C)c1ccc(F)c(F)c1. The Kier molecular flexibility index (Phi) is 7.58. The molecule has 0 bridgehead atoms. The van der Waals surface area contributed by atoms with E-state index in [4.69, 9.17) is 4.74 Å². The van der Waals surface area contributed by atoms with E-state index in [1.165, 1.54) is 6.07 Å². The number of nitrogens with one attached hydrogen (secondary N) is 2. The molecule has 25 heavy (non-hydrogen) atoms. The van der Waals surface area contributed by atoms with E-state index < -0.39 is 11.6 Å². The molecule has 1 fully saturated rings. The zero-order valence-corrected chi connectivity index (χ0v) is 15.2. The quantitative estimate of drug-likeness (QED) is 0.607. The molecule has 1 aromatic rings. The first-order chi connectivity index (χ1) is 12.0. The van der Waals surface area contributed by atoms with Crippen LogP contribution < -0.4 is 10.6 Å². The van der Waals surface area contributed by atoms with E-state index in [0.717, 1.165) is 45.5 Å². The van der Waals surface area contributed by atoms with Crippen LogP contribution in [0.15, 0.2) is 23.2 Å². The molecule has 2 unspecified atom stereocenters. The number of benzene rings is 1. The average molecular weight is 354 g/mol. The summed E-state index contributed by atoms with van der Waals surface area (Å²) in [7, 11) is 1.69. The molecule has 0 radical (unpaired) electrons. The lowest BCUT2D eigenvalue weighted by Crippen LogP contribution is -2.44. The molecule has 0 aliphatic carbocycles. The molecule has 2 atom stereocenters. The van der Waals surface area contributed by atoms with Crippen molar-refractivity contribution in [3.8, 4) is 0 Å². The van der Waals surface area contributed by atoms with E-state index in [1.807, 2.05) is 6.92 Å². The Morgan fingerprint density at radius 2 is 1.96 bits per heavy atom. The molecule has 0 amide bonds. The van der Waals surface area contributed by atoms with Gasteiger partial charge in [-0.25, -0.2) is 8.78 Å². The molecule has 7 heteroatoms. The third kappa shape index (κ3) is 6.25. The minimum Gasteiger partial charge on any atom is -0.379 e. The Morgan fingerprint density at radius 1 is 1.24 bits per heavy atom. The normalized spacial score (nSPS) is 18.7. The smallest absolute Gasteiger partial charge is 0.191 e. The van der Waals surface area contributed by atoms with Crippen molar-refractivity contribution < 1.29 is 13.5 Å². The molecular weight excluding hydrogens is 326 g/mol. The summed E-state index contributed by atoms with van der Waals surface area (Å²) < 4.78 is 31.8. The van der Waals surface area contributed by atoms with Crippen molar-refractivity contribution in [1.82, 2.24) is 15.5 Å². The van der Waals surface area contributed by atoms with Gasteiger partial charge in [0.05, 0.1) is 19.3 Å². The first-order valence-electron chi connectivity index (χ1n) is 8.71. The van der Waals surface area contributed by atoms with Crippen molar-refractivity contribution in [2.24, 2.45) is 10.9 Å². The maximum atomic E-state index is 13.4. The summed E-state index contributed by atoms with van der Waals surface area (Å²) in [5.41, 5.74) is 0.670. The van der Waals surface area contributed by atoms with Gasteiger partial charge in [-0.2, -0.15) is 0 Å². The fourth-order valence-corrected chi connectivity index (χ4v) is 2.82. The monoisotopic (exact) mass is 354 g/mol. The summed E-state index contributed by atoms with van der Waals surface area (Å²) in [6.07, 6.45) is 0. The summed E-state index contributed by atoms with van der Waals surface area (Å²) in [4.78, 5) is 6.60. The zero-order chi connectivity index (χ0) is 18.2. The lowest BCUT2D eigenvalue weighted by atomic mass is 10.1. The van der Waals surface area contributed by atoms with Crippen LogP contribution in [0.2, 0.25) is 0 Å². The van der Waals surface area contributed by atoms with Crippen LogP contribution in [-0.4, -0.2) is 57.3 Å². The summed E-state index contributed by atoms with van der Waals surface area (Å²) in [6.45, 7) is 9.41. The number of ether oxygens (including phenoxy) is 1. The molecule has 2 rings (SSSR count). The second-order valence-corrected chi connectivity index (χ2v) is 6.51. The third-order valence-electron chi connectivity index (χ3n) is 4.31. The van der Waals surface area contributed by atoms with Crippen LogP contribution in [-0.2, 0) is 4.74 Å². The third-order valence-corrected chi connectivity index (χ3v) is 4.31. The second kappa shape index (κ2) is 9.68. The van der Waals surface area contributed by atoms with Crippen molar-refractivity contribution in [2.45, 2.75) is 19.9 Å². The fraction of sp³-hybridized carbons (Fsp3) is 0.611. The van der Waals surface area contributed by atoms with Gasteiger partial charge in [0.25, 0.3) is 0 Å². The molecule has 0 saturated carbocycles. The van der Waals surface area contributed by atoms with E-state index >= 15 is 0 Å². The van der Waals surface area contributed by atoms with Gasteiger partial charge in [-0.3, -0.25) is 9.89 Å². The molecule has 1 aromatic carbocycles. The van der Waals surface area contributed by atoms with E-state index in [2.05, 4.69) is 27.4 Å². The van der Waals surface area contributed by atoms with Crippen LogP contribution in [0.1, 0.15) is 25.5 Å². The molecule has 1 aliphatic rings. The molecule has 0 spiro atoms. The minimum absolute atomic E-state index is 0.184. The van der Waals surface area contributed by atoms with E-state index in [1.54, 1.807) is 13.1 Å². The molecule has 1 heterocycles. The molecule has 140 valence electrons. The summed E-state index contributed by atoms with van der Waals surface area (Å²) in [5, 5.41) is 6.50. The van der Waals surface area contributed by atoms with Gasteiger partial charge in [0.2, 0.25) is 0 Å². The molecular formula is C18H28F2N4O. The van der Waals surface area contributed by atoms with Crippen LogP contribution in [0.25, 0.3) is 0 Å². The van der Waals surface area contributed by atoms with Crippen LogP contribution in [0.4, 0.5) is 8.78 Å². The van der Waals surface area contributed by atoms with Crippen molar-refractivity contribution in [3.05, 3.63) is 35.4 Å². The van der Waals surface area contributed by atoms with Crippen LogP contribution in [0.5, 0.6) is 0 Å². The molecule has 1 aliphatic heterocycles. The second-order valence-electron chi connectivity index (χ2n) is 6.51. The highest BCUT2D eigenvalue weighted by Crippen LogP contribution is 2.15. The Labute approximate surface area is 148 Å². The summed E-state index contributed by atoms with van der Waals surface area (Å²) >= 11 is 0. The predicted octanol–water partition coefficient (Wildman–Crippen LogP) is 2.16. The predicted molar refractivity (Wildman–Crippen MR) is 95.7 cm³/mol. The number of rotatable bonds is 6. The van der Waals surface area contributed by atoms with Gasteiger partial charge in [0.1, 0.15) is 0 Å². The van der Waals surface area contributed by atoms with Gasteiger partial charge in [0.15, 0.2) is 17.6 Å². The fourth-order valence-electron chi connectivity index (χ4n) is 2.82. The largest absolute Gasteiger partial charge is 0.379 e. The van der Waals surface area contributed by atoms with Crippen LogP contribution in [0, 0.1) is 17.6 Å². The molecule has 1 saturated heterocycles. The van der Waals surface area contributed by atoms with Crippen molar-refractivity contribution in [3.63, 3.8) is 0 Å². The maximum absolute atomic E-state index is 13.4. The number of aliphatic imine (C=N–C) groups is 1. The Bertz CT molecular complexity index is 576. The van der Waals surface area contributed by atoms with Gasteiger partial charge in [0, 0.05) is 33.2 Å². The number of hydrogen-bond donors (Lipinski definition) is 2. The number of guanidine groups is 1. The Hall–Kier alpha value is -1.73. The van der Waals surface area contributed by atoms with E-state index in [-0.39, 0.29) is 6.04 Å². The number of hydrogen-bond acceptors (Lipinski definition) is 3. The Balaban J connectivity index is 1.80. The topological polar surface area (TPSA) is 48.9 Å². The lowest BCUT2D eigenvalue weighted by Gasteiger charge is -2.29. The standard InChI is InChI=1S/C18H28F2N4O/c1-13(12-24-6-8-25-9-7-24)11-22-18(21-3)23-14(2)15-4-5-16(19)17(20)10-15/h4-5,10,13-14H,6-9,11-12H2,1-3H3,(H2,21,22,23). The summed E-state index contributed by atoms with van der Waals surface area (Å²) in [6, 6.07) is 3.74. The summed E-state index contributed by atoms with van der Waals surface area (Å²) in [5.74, 6) is -0.579. The minimum atomic E-state index is -0.840. The average Bonchev–Trinajstić information content (AvgIpc) is 2.61.